The van der Waals surface area contributed by atoms with Crippen LogP contribution in [0.25, 0.3) is 0 Å². The molecule has 0 saturated heterocycles. The Kier molecular flexibility index (Phi) is 7.27. The van der Waals surface area contributed by atoms with E-state index in [4.69, 9.17) is 9.39 Å². The van der Waals surface area contributed by atoms with E-state index in [0.29, 0.717) is 18.4 Å². The van der Waals surface area contributed by atoms with Gasteiger partial charge in [0.1, 0.15) is 23.5 Å². The van der Waals surface area contributed by atoms with E-state index in [0.717, 1.165) is 12.8 Å². The van der Waals surface area contributed by atoms with E-state index in [-0.39, 0.29) is 46.9 Å². The van der Waals surface area contributed by atoms with Gasteiger partial charge < -0.3 is 19.5 Å². The fraction of sp³-hybridized carbons (Fsp3) is 0.655. The molecule has 2 N–H and O–H groups in total. The predicted molar refractivity (Wildman–Crippen MR) is 145 cm³/mol. The van der Waals surface area contributed by atoms with Gasteiger partial charge in [0.15, 0.2) is 0 Å². The number of fused-ring (bicyclic) bond motifs is 1. The van der Waals surface area contributed by atoms with Crippen LogP contribution in [0.5, 0.6) is 0 Å². The molecule has 0 aromatic heterocycles. The summed E-state index contributed by atoms with van der Waals surface area (Å²) in [5.74, 6) is -2.49. The van der Waals surface area contributed by atoms with Crippen molar-refractivity contribution in [2.24, 2.45) is 34.0 Å². The molecule has 0 amide bonds. The fourth-order valence-corrected chi connectivity index (χ4v) is 9.28. The highest BCUT2D eigenvalue weighted by atomic mass is 32.2. The molecule has 3 fully saturated rings. The third kappa shape index (κ3) is 4.20. The van der Waals surface area contributed by atoms with E-state index >= 15 is 4.39 Å². The molecule has 2 bridgehead atoms. The molecule has 1 aromatic carbocycles. The minimum Gasteiger partial charge on any atom is -0.461 e. The van der Waals surface area contributed by atoms with Crippen molar-refractivity contribution in [3.63, 3.8) is 0 Å². The largest absolute Gasteiger partial charge is 0.494 e. The Hall–Kier alpha value is -1.88. The number of carbonyl (C=O) groups is 2. The first kappa shape index (κ1) is 28.6. The summed E-state index contributed by atoms with van der Waals surface area (Å²) in [4.78, 5) is 26.6. The van der Waals surface area contributed by atoms with Gasteiger partial charge in [-0.2, -0.15) is 0 Å². The van der Waals surface area contributed by atoms with Crippen LogP contribution >= 0.6 is 0 Å². The molecule has 0 unspecified atom stereocenters. The standard InChI is InChI=1S/C29H38BFO7S/c1-6-27(4)13-21(28(5)16(2)9-11-29(17(3)26(27)34)12-10-19(32)25(28)29)38-22(33)15-39(36)20-8-7-18-14-37-30(35)23(18)24(20)31/h6-8,16-17,21,25-26,34-35H,1,9-15H2,2-5H3/t16-,17-,21+,25-,26-,27+,28-,29-,39+/m0/s1. The first-order chi connectivity index (χ1) is 18.3. The van der Waals surface area contributed by atoms with E-state index in [1.54, 1.807) is 6.08 Å². The molecule has 3 saturated carbocycles. The zero-order chi connectivity index (χ0) is 28.5. The van der Waals surface area contributed by atoms with Crippen molar-refractivity contribution in [2.45, 2.75) is 83.5 Å². The molecule has 10 heteroatoms. The summed E-state index contributed by atoms with van der Waals surface area (Å²) in [6, 6.07) is 2.88. The lowest BCUT2D eigenvalue weighted by Crippen LogP contribution is -2.63. The minimum absolute atomic E-state index is 0.0503. The Balaban J connectivity index is 1.47. The van der Waals surface area contributed by atoms with Crippen molar-refractivity contribution in [2.75, 3.05) is 5.75 Å². The number of halogens is 1. The van der Waals surface area contributed by atoms with E-state index in [2.05, 4.69) is 13.5 Å². The maximum Gasteiger partial charge on any atom is 0.494 e. The van der Waals surface area contributed by atoms with Crippen LogP contribution < -0.4 is 5.46 Å². The SMILES string of the molecule is C=C[C@]1(C)C[C@@H](OC(=O)C[S@@](=O)c2ccc3c(c2F)B(O)OC3)[C@@]2(C)[C@@H]3C(=O)CC[C@@]3(CC[C@@H]2C)[C@@H](C)[C@@H]1O. The fourth-order valence-electron chi connectivity index (χ4n) is 8.31. The van der Waals surface area contributed by atoms with Crippen LogP contribution in [0.15, 0.2) is 29.7 Å². The topological polar surface area (TPSA) is 110 Å². The first-order valence-electron chi connectivity index (χ1n) is 13.8. The third-order valence-electron chi connectivity index (χ3n) is 10.9. The zero-order valence-electron chi connectivity index (χ0n) is 23.1. The average Bonchev–Trinajstić information content (AvgIpc) is 3.45. The van der Waals surface area contributed by atoms with Crippen LogP contribution in [0.3, 0.4) is 0 Å². The normalized spacial score (nSPS) is 40.3. The second kappa shape index (κ2) is 9.89. The summed E-state index contributed by atoms with van der Waals surface area (Å²) < 4.78 is 39.5. The molecule has 9 atom stereocenters. The van der Waals surface area contributed by atoms with E-state index in [9.17, 15) is 23.9 Å². The van der Waals surface area contributed by atoms with Crippen molar-refractivity contribution in [3.05, 3.63) is 36.2 Å². The molecule has 3 aliphatic carbocycles. The Morgan fingerprint density at radius 3 is 2.74 bits per heavy atom. The number of Topliss-reactive ketones (excluding diaryl/α,β-unsaturated/α-hetero) is 1. The van der Waals surface area contributed by atoms with Gasteiger partial charge in [-0.1, -0.05) is 39.8 Å². The Morgan fingerprint density at radius 1 is 1.33 bits per heavy atom. The number of hydrogen-bond donors (Lipinski definition) is 2. The molecule has 0 spiro atoms. The maximum atomic E-state index is 15.1. The van der Waals surface area contributed by atoms with Crippen LogP contribution in [-0.2, 0) is 36.4 Å². The summed E-state index contributed by atoms with van der Waals surface area (Å²) in [5.41, 5.74) is -1.46. The molecule has 1 aromatic rings. The van der Waals surface area contributed by atoms with Gasteiger partial charge in [0.05, 0.1) is 28.4 Å². The van der Waals surface area contributed by atoms with Crippen molar-refractivity contribution >= 4 is 35.1 Å². The quantitative estimate of drug-likeness (QED) is 0.324. The maximum absolute atomic E-state index is 15.1. The van der Waals surface area contributed by atoms with Gasteiger partial charge in [0.2, 0.25) is 0 Å². The van der Waals surface area contributed by atoms with Crippen LogP contribution in [-0.4, -0.2) is 51.2 Å². The summed E-state index contributed by atoms with van der Waals surface area (Å²) >= 11 is 0. The molecule has 1 heterocycles. The molecule has 5 rings (SSSR count). The Morgan fingerprint density at radius 2 is 2.05 bits per heavy atom. The summed E-state index contributed by atoms with van der Waals surface area (Å²) in [7, 11) is -3.52. The predicted octanol–water partition coefficient (Wildman–Crippen LogP) is 3.06. The second-order valence-corrected chi connectivity index (χ2v) is 14.1. The third-order valence-corrected chi connectivity index (χ3v) is 12.3. The van der Waals surface area contributed by atoms with Crippen molar-refractivity contribution < 1.29 is 37.7 Å². The van der Waals surface area contributed by atoms with Crippen molar-refractivity contribution in [3.8, 4) is 0 Å². The van der Waals surface area contributed by atoms with Gasteiger partial charge in [-0.3, -0.25) is 13.8 Å². The van der Waals surface area contributed by atoms with E-state index < -0.39 is 63.9 Å². The number of ether oxygens (including phenoxy) is 1. The number of aliphatic hydroxyl groups excluding tert-OH is 1. The van der Waals surface area contributed by atoms with Gasteiger partial charge in [0.25, 0.3) is 0 Å². The highest BCUT2D eigenvalue weighted by molar-refractivity contribution is 7.85. The number of benzene rings is 1. The minimum atomic E-state index is -2.07. The number of hydrogen-bond acceptors (Lipinski definition) is 7. The summed E-state index contributed by atoms with van der Waals surface area (Å²) in [6.45, 7) is 12.1. The van der Waals surface area contributed by atoms with Crippen molar-refractivity contribution in [1.29, 1.82) is 0 Å². The molecule has 7 nitrogen and oxygen atoms in total. The van der Waals surface area contributed by atoms with Crippen LogP contribution in [0.1, 0.15) is 65.4 Å². The summed E-state index contributed by atoms with van der Waals surface area (Å²) in [6.07, 6.45) is 3.25. The van der Waals surface area contributed by atoms with Gasteiger partial charge >= 0.3 is 13.1 Å². The molecule has 4 aliphatic rings. The number of rotatable bonds is 5. The van der Waals surface area contributed by atoms with Gasteiger partial charge in [0, 0.05) is 28.6 Å². The Bertz CT molecular complexity index is 1240. The molecule has 212 valence electrons. The molecular weight excluding hydrogens is 522 g/mol. The van der Waals surface area contributed by atoms with Crippen molar-refractivity contribution in [1.82, 2.24) is 0 Å². The number of ketones is 1. The smallest absolute Gasteiger partial charge is 0.461 e. The van der Waals surface area contributed by atoms with E-state index in [1.807, 2.05) is 20.8 Å². The molecule has 1 aliphatic heterocycles. The van der Waals surface area contributed by atoms with Gasteiger partial charge in [-0.05, 0) is 54.6 Å². The second-order valence-electron chi connectivity index (χ2n) is 12.7. The van der Waals surface area contributed by atoms with E-state index in [1.165, 1.54) is 12.1 Å². The summed E-state index contributed by atoms with van der Waals surface area (Å²) in [5, 5.41) is 21.6. The Labute approximate surface area is 232 Å². The monoisotopic (exact) mass is 560 g/mol. The lowest BCUT2D eigenvalue weighted by atomic mass is 9.44. The molecule has 39 heavy (non-hydrogen) atoms. The van der Waals surface area contributed by atoms with Crippen LogP contribution in [0.2, 0.25) is 0 Å². The number of carbonyl (C=O) groups excluding carboxylic acids is 2. The molecule has 0 radical (unpaired) electrons. The van der Waals surface area contributed by atoms with Crippen LogP contribution in [0, 0.1) is 39.8 Å². The lowest BCUT2D eigenvalue weighted by molar-refractivity contribution is -0.205. The first-order valence-corrected chi connectivity index (χ1v) is 15.1. The molecular formula is C29H38BFO7S. The lowest BCUT2D eigenvalue weighted by Gasteiger charge is -2.61. The van der Waals surface area contributed by atoms with Gasteiger partial charge in [-0.15, -0.1) is 6.58 Å². The zero-order valence-corrected chi connectivity index (χ0v) is 23.9. The average molecular weight is 560 g/mol. The number of aliphatic hydroxyl groups is 1. The highest BCUT2D eigenvalue weighted by Crippen LogP contribution is 2.68. The van der Waals surface area contributed by atoms with Crippen LogP contribution in [0.4, 0.5) is 4.39 Å². The number of esters is 1. The highest BCUT2D eigenvalue weighted by Gasteiger charge is 2.68. The van der Waals surface area contributed by atoms with Gasteiger partial charge in [-0.25, -0.2) is 4.39 Å².